The highest BCUT2D eigenvalue weighted by Gasteiger charge is 2.36. The molecular formula is C21H18ClN3O2. The van der Waals surface area contributed by atoms with Gasteiger partial charge in [0.2, 0.25) is 5.91 Å². The number of carbonyl (C=O) groups excluding carboxylic acids is 2. The highest BCUT2D eigenvalue weighted by molar-refractivity contribution is 6.31. The number of nitrogens with zero attached hydrogens (tertiary/aromatic N) is 2. The van der Waals surface area contributed by atoms with Crippen LogP contribution < -0.4 is 5.32 Å². The van der Waals surface area contributed by atoms with Crippen LogP contribution in [-0.2, 0) is 4.79 Å². The number of benzene rings is 2. The number of carbonyl (C=O) groups is 2. The summed E-state index contributed by atoms with van der Waals surface area (Å²) in [5.41, 5.74) is 3.96. The SMILES string of the molecule is Cc1ccc(-n2nc(C)c3c2NC(=O)CC3C(=O)c2cccc(Cl)c2)cc1. The third-order valence-corrected chi connectivity index (χ3v) is 5.04. The van der Waals surface area contributed by atoms with Gasteiger partial charge >= 0.3 is 0 Å². The van der Waals surface area contributed by atoms with Crippen LogP contribution in [0.15, 0.2) is 48.5 Å². The number of ketones is 1. The zero-order chi connectivity index (χ0) is 19.1. The standard InChI is InChI=1S/C21H18ClN3O2/c1-12-6-8-16(9-7-12)25-21-19(13(2)24-25)17(11-18(26)23-21)20(27)14-4-3-5-15(22)10-14/h3-10,17H,11H2,1-2H3,(H,23,26). The second-order valence-corrected chi connectivity index (χ2v) is 7.21. The molecule has 0 saturated heterocycles. The van der Waals surface area contributed by atoms with Gasteiger partial charge in [-0.15, -0.1) is 0 Å². The van der Waals surface area contributed by atoms with Gasteiger partial charge in [-0.2, -0.15) is 5.10 Å². The summed E-state index contributed by atoms with van der Waals surface area (Å²) in [5, 5.41) is 7.98. The summed E-state index contributed by atoms with van der Waals surface area (Å²) in [6, 6.07) is 14.7. The molecular weight excluding hydrogens is 362 g/mol. The number of aromatic nitrogens is 2. The Morgan fingerprint density at radius 1 is 1.19 bits per heavy atom. The Labute approximate surface area is 162 Å². The van der Waals surface area contributed by atoms with Crippen molar-refractivity contribution in [1.82, 2.24) is 9.78 Å². The van der Waals surface area contributed by atoms with Gasteiger partial charge in [0.05, 0.1) is 17.3 Å². The fourth-order valence-electron chi connectivity index (χ4n) is 3.49. The summed E-state index contributed by atoms with van der Waals surface area (Å²) >= 11 is 6.04. The van der Waals surface area contributed by atoms with Crippen LogP contribution in [-0.4, -0.2) is 21.5 Å². The quantitative estimate of drug-likeness (QED) is 0.684. The highest BCUT2D eigenvalue weighted by Crippen LogP contribution is 2.38. The van der Waals surface area contributed by atoms with Gasteiger partial charge in [-0.25, -0.2) is 4.68 Å². The van der Waals surface area contributed by atoms with Crippen LogP contribution in [0.5, 0.6) is 0 Å². The minimum absolute atomic E-state index is 0.0960. The predicted octanol–water partition coefficient (Wildman–Crippen LogP) is 4.45. The number of fused-ring (bicyclic) bond motifs is 1. The molecule has 1 aromatic heterocycles. The average Bonchev–Trinajstić information content (AvgIpc) is 2.97. The van der Waals surface area contributed by atoms with Crippen molar-refractivity contribution in [3.05, 3.63) is 75.9 Å². The molecule has 136 valence electrons. The average molecular weight is 380 g/mol. The van der Waals surface area contributed by atoms with Crippen molar-refractivity contribution >= 4 is 29.1 Å². The first-order valence-corrected chi connectivity index (χ1v) is 9.08. The van der Waals surface area contributed by atoms with Crippen molar-refractivity contribution in [3.8, 4) is 5.69 Å². The monoisotopic (exact) mass is 379 g/mol. The Hall–Kier alpha value is -2.92. The van der Waals surface area contributed by atoms with Crippen molar-refractivity contribution in [2.45, 2.75) is 26.2 Å². The Balaban J connectivity index is 1.82. The smallest absolute Gasteiger partial charge is 0.226 e. The number of amides is 1. The van der Waals surface area contributed by atoms with E-state index in [1.807, 2.05) is 38.1 Å². The molecule has 2 heterocycles. The van der Waals surface area contributed by atoms with E-state index in [4.69, 9.17) is 11.6 Å². The molecule has 1 aliphatic heterocycles. The molecule has 1 unspecified atom stereocenters. The van der Waals surface area contributed by atoms with E-state index in [0.717, 1.165) is 22.5 Å². The molecule has 1 aliphatic rings. The summed E-state index contributed by atoms with van der Waals surface area (Å²) in [6.45, 7) is 3.87. The maximum absolute atomic E-state index is 13.1. The zero-order valence-corrected chi connectivity index (χ0v) is 15.7. The van der Waals surface area contributed by atoms with Gasteiger partial charge in [-0.3, -0.25) is 9.59 Å². The molecule has 1 N–H and O–H groups in total. The molecule has 5 nitrogen and oxygen atoms in total. The van der Waals surface area contributed by atoms with E-state index in [1.54, 1.807) is 28.9 Å². The number of hydrogen-bond donors (Lipinski definition) is 1. The van der Waals surface area contributed by atoms with Crippen molar-refractivity contribution in [3.63, 3.8) is 0 Å². The molecule has 0 aliphatic carbocycles. The van der Waals surface area contributed by atoms with Crippen LogP contribution in [0.1, 0.15) is 39.5 Å². The summed E-state index contributed by atoms with van der Waals surface area (Å²) in [5.74, 6) is -0.337. The number of Topliss-reactive ketones (excluding diaryl/α,β-unsaturated/α-hetero) is 1. The fraction of sp³-hybridized carbons (Fsp3) is 0.190. The Morgan fingerprint density at radius 2 is 1.93 bits per heavy atom. The van der Waals surface area contributed by atoms with E-state index >= 15 is 0 Å². The lowest BCUT2D eigenvalue weighted by Gasteiger charge is -2.23. The van der Waals surface area contributed by atoms with Crippen molar-refractivity contribution in [2.75, 3.05) is 5.32 Å². The molecule has 0 radical (unpaired) electrons. The Bertz CT molecular complexity index is 1050. The molecule has 0 bridgehead atoms. The highest BCUT2D eigenvalue weighted by atomic mass is 35.5. The molecule has 1 atom stereocenters. The summed E-state index contributed by atoms with van der Waals surface area (Å²) in [7, 11) is 0. The van der Waals surface area contributed by atoms with E-state index in [0.29, 0.717) is 16.4 Å². The second kappa shape index (κ2) is 6.67. The van der Waals surface area contributed by atoms with Crippen LogP contribution in [0.2, 0.25) is 5.02 Å². The van der Waals surface area contributed by atoms with Gasteiger partial charge in [0, 0.05) is 22.6 Å². The van der Waals surface area contributed by atoms with Crippen molar-refractivity contribution < 1.29 is 9.59 Å². The van der Waals surface area contributed by atoms with E-state index in [-0.39, 0.29) is 18.1 Å². The summed E-state index contributed by atoms with van der Waals surface area (Å²) in [6.07, 6.45) is 0.0960. The van der Waals surface area contributed by atoms with Crippen LogP contribution >= 0.6 is 11.6 Å². The Morgan fingerprint density at radius 3 is 2.63 bits per heavy atom. The van der Waals surface area contributed by atoms with Crippen molar-refractivity contribution in [2.24, 2.45) is 0 Å². The third-order valence-electron chi connectivity index (χ3n) is 4.81. The molecule has 2 aromatic carbocycles. The number of hydrogen-bond acceptors (Lipinski definition) is 3. The van der Waals surface area contributed by atoms with Crippen LogP contribution in [0, 0.1) is 13.8 Å². The number of anilines is 1. The fourth-order valence-corrected chi connectivity index (χ4v) is 3.68. The van der Waals surface area contributed by atoms with Gasteiger partial charge < -0.3 is 5.32 Å². The Kier molecular flexibility index (Phi) is 4.32. The first-order chi connectivity index (χ1) is 12.9. The molecule has 6 heteroatoms. The lowest BCUT2D eigenvalue weighted by molar-refractivity contribution is -0.116. The van der Waals surface area contributed by atoms with Crippen LogP contribution in [0.25, 0.3) is 5.69 Å². The van der Waals surface area contributed by atoms with E-state index < -0.39 is 5.92 Å². The topological polar surface area (TPSA) is 64.0 Å². The number of halogens is 1. The minimum Gasteiger partial charge on any atom is -0.310 e. The van der Waals surface area contributed by atoms with E-state index in [1.165, 1.54) is 0 Å². The predicted molar refractivity (Wildman–Crippen MR) is 105 cm³/mol. The number of nitrogens with one attached hydrogen (secondary N) is 1. The van der Waals surface area contributed by atoms with Crippen molar-refractivity contribution in [1.29, 1.82) is 0 Å². The van der Waals surface area contributed by atoms with Gasteiger partial charge in [-0.1, -0.05) is 41.4 Å². The lowest BCUT2D eigenvalue weighted by Crippen LogP contribution is -2.28. The first-order valence-electron chi connectivity index (χ1n) is 8.70. The van der Waals surface area contributed by atoms with E-state index in [9.17, 15) is 9.59 Å². The summed E-state index contributed by atoms with van der Waals surface area (Å²) < 4.78 is 1.69. The molecule has 0 saturated carbocycles. The van der Waals surface area contributed by atoms with Gasteiger partial charge in [0.1, 0.15) is 5.82 Å². The normalized spacial score (nSPS) is 16.0. The number of aryl methyl sites for hydroxylation is 2. The van der Waals surface area contributed by atoms with E-state index in [2.05, 4.69) is 10.4 Å². The van der Waals surface area contributed by atoms with Gasteiger partial charge in [0.15, 0.2) is 5.78 Å². The molecule has 1 amide bonds. The first kappa shape index (κ1) is 17.5. The van der Waals surface area contributed by atoms with Crippen LogP contribution in [0.4, 0.5) is 5.82 Å². The molecule has 3 aromatic rings. The third kappa shape index (κ3) is 3.15. The second-order valence-electron chi connectivity index (χ2n) is 6.77. The van der Waals surface area contributed by atoms with Gasteiger partial charge in [-0.05, 0) is 38.1 Å². The number of rotatable bonds is 3. The largest absolute Gasteiger partial charge is 0.310 e. The summed E-state index contributed by atoms with van der Waals surface area (Å²) in [4.78, 5) is 25.5. The molecule has 0 spiro atoms. The maximum Gasteiger partial charge on any atom is 0.226 e. The zero-order valence-electron chi connectivity index (χ0n) is 15.0. The molecule has 4 rings (SSSR count). The minimum atomic E-state index is -0.577. The lowest BCUT2D eigenvalue weighted by atomic mass is 9.85. The molecule has 0 fully saturated rings. The molecule has 27 heavy (non-hydrogen) atoms. The maximum atomic E-state index is 13.1. The van der Waals surface area contributed by atoms with Crippen LogP contribution in [0.3, 0.4) is 0 Å². The van der Waals surface area contributed by atoms with Gasteiger partial charge in [0.25, 0.3) is 0 Å².